The first-order valence-electron chi connectivity index (χ1n) is 7.36. The van der Waals surface area contributed by atoms with Crippen LogP contribution in [0.1, 0.15) is 12.5 Å². The number of nitrogens with one attached hydrogen (secondary N) is 1. The SMILES string of the molecule is CCN(CCO)c1ncnc(Nc2cc(Cl)ccc2C)c1[N+](=O)[O-]. The Hall–Kier alpha value is -2.45. The molecule has 0 aliphatic carbocycles. The van der Waals surface area contributed by atoms with Gasteiger partial charge in [0.15, 0.2) is 0 Å². The number of nitro groups is 1. The van der Waals surface area contributed by atoms with Gasteiger partial charge in [0.25, 0.3) is 0 Å². The second-order valence-electron chi connectivity index (χ2n) is 5.04. The average Bonchev–Trinajstić information content (AvgIpc) is 2.55. The minimum Gasteiger partial charge on any atom is -0.395 e. The van der Waals surface area contributed by atoms with Crippen LogP contribution in [0.2, 0.25) is 5.02 Å². The van der Waals surface area contributed by atoms with E-state index in [1.165, 1.54) is 6.33 Å². The molecule has 0 spiro atoms. The smallest absolute Gasteiger partial charge is 0.353 e. The third kappa shape index (κ3) is 3.90. The summed E-state index contributed by atoms with van der Waals surface area (Å²) in [5.41, 5.74) is 1.25. The standard InChI is InChI=1S/C15H18ClN5O3/c1-3-20(6-7-22)15-13(21(23)24)14(17-9-18-15)19-12-8-11(16)5-4-10(12)2/h4-5,8-9,22H,3,6-7H2,1-2H3,(H,17,18,19). The molecule has 1 aromatic carbocycles. The van der Waals surface area contributed by atoms with Crippen LogP contribution in [0.25, 0.3) is 0 Å². The van der Waals surface area contributed by atoms with Crippen molar-refractivity contribution >= 4 is 34.6 Å². The zero-order valence-electron chi connectivity index (χ0n) is 13.4. The van der Waals surface area contributed by atoms with Crippen molar-refractivity contribution in [3.8, 4) is 0 Å². The number of anilines is 3. The maximum atomic E-state index is 11.6. The van der Waals surface area contributed by atoms with Crippen molar-refractivity contribution in [1.29, 1.82) is 0 Å². The number of hydrogen-bond donors (Lipinski definition) is 2. The Kier molecular flexibility index (Phi) is 5.88. The molecule has 2 rings (SSSR count). The fraction of sp³-hybridized carbons (Fsp3) is 0.333. The molecule has 24 heavy (non-hydrogen) atoms. The maximum Gasteiger partial charge on any atom is 0.353 e. The molecule has 2 N–H and O–H groups in total. The molecule has 1 aromatic heterocycles. The maximum absolute atomic E-state index is 11.6. The second kappa shape index (κ2) is 7.89. The highest BCUT2D eigenvalue weighted by Crippen LogP contribution is 2.34. The van der Waals surface area contributed by atoms with Gasteiger partial charge in [-0.15, -0.1) is 0 Å². The van der Waals surface area contributed by atoms with Crippen molar-refractivity contribution < 1.29 is 10.0 Å². The zero-order valence-corrected chi connectivity index (χ0v) is 14.1. The molecule has 128 valence electrons. The van der Waals surface area contributed by atoms with Crippen LogP contribution in [0.4, 0.5) is 23.0 Å². The molecule has 1 heterocycles. The van der Waals surface area contributed by atoms with E-state index in [9.17, 15) is 10.1 Å². The third-order valence-corrected chi connectivity index (χ3v) is 3.72. The minimum absolute atomic E-state index is 0.0757. The summed E-state index contributed by atoms with van der Waals surface area (Å²) in [7, 11) is 0. The lowest BCUT2D eigenvalue weighted by atomic mass is 10.2. The quantitative estimate of drug-likeness (QED) is 0.583. The van der Waals surface area contributed by atoms with Gasteiger partial charge in [0.1, 0.15) is 6.33 Å². The summed E-state index contributed by atoms with van der Waals surface area (Å²) in [6.07, 6.45) is 1.25. The normalized spacial score (nSPS) is 10.5. The van der Waals surface area contributed by atoms with Gasteiger partial charge in [0, 0.05) is 23.8 Å². The van der Waals surface area contributed by atoms with Gasteiger partial charge in [-0.25, -0.2) is 9.97 Å². The lowest BCUT2D eigenvalue weighted by Crippen LogP contribution is -2.28. The van der Waals surface area contributed by atoms with Gasteiger partial charge >= 0.3 is 5.69 Å². The molecule has 9 heteroatoms. The molecule has 0 atom stereocenters. The Balaban J connectivity index is 2.50. The van der Waals surface area contributed by atoms with Crippen molar-refractivity contribution in [2.24, 2.45) is 0 Å². The monoisotopic (exact) mass is 351 g/mol. The van der Waals surface area contributed by atoms with Crippen LogP contribution in [0, 0.1) is 17.0 Å². The van der Waals surface area contributed by atoms with Gasteiger partial charge in [-0.2, -0.15) is 0 Å². The molecule has 0 bridgehead atoms. The second-order valence-corrected chi connectivity index (χ2v) is 5.48. The molecule has 0 amide bonds. The summed E-state index contributed by atoms with van der Waals surface area (Å²) < 4.78 is 0. The lowest BCUT2D eigenvalue weighted by molar-refractivity contribution is -0.383. The molecule has 0 unspecified atom stereocenters. The van der Waals surface area contributed by atoms with Gasteiger partial charge in [-0.1, -0.05) is 17.7 Å². The van der Waals surface area contributed by atoms with Gasteiger partial charge in [0.05, 0.1) is 11.5 Å². The van der Waals surface area contributed by atoms with Crippen LogP contribution >= 0.6 is 11.6 Å². The van der Waals surface area contributed by atoms with Crippen molar-refractivity contribution in [2.75, 3.05) is 29.9 Å². The predicted octanol–water partition coefficient (Wildman–Crippen LogP) is 2.91. The summed E-state index contributed by atoms with van der Waals surface area (Å²) in [6, 6.07) is 5.22. The molecule has 8 nitrogen and oxygen atoms in total. The number of benzene rings is 1. The highest BCUT2D eigenvalue weighted by atomic mass is 35.5. The van der Waals surface area contributed by atoms with E-state index in [0.717, 1.165) is 5.56 Å². The van der Waals surface area contributed by atoms with Crippen molar-refractivity contribution in [2.45, 2.75) is 13.8 Å². The molecule has 0 fully saturated rings. The molecular weight excluding hydrogens is 334 g/mol. The zero-order chi connectivity index (χ0) is 17.7. The van der Waals surface area contributed by atoms with E-state index >= 15 is 0 Å². The molecule has 2 aromatic rings. The van der Waals surface area contributed by atoms with Crippen molar-refractivity contribution in [3.63, 3.8) is 0 Å². The van der Waals surface area contributed by atoms with Crippen molar-refractivity contribution in [1.82, 2.24) is 9.97 Å². The number of aliphatic hydroxyl groups excluding tert-OH is 1. The highest BCUT2D eigenvalue weighted by molar-refractivity contribution is 6.30. The Morgan fingerprint density at radius 1 is 1.42 bits per heavy atom. The van der Waals surface area contributed by atoms with E-state index in [1.807, 2.05) is 19.9 Å². The Morgan fingerprint density at radius 3 is 2.79 bits per heavy atom. The summed E-state index contributed by atoms with van der Waals surface area (Å²) in [4.78, 5) is 20.7. The number of nitrogens with zero attached hydrogens (tertiary/aromatic N) is 4. The van der Waals surface area contributed by atoms with Crippen molar-refractivity contribution in [3.05, 3.63) is 45.2 Å². The van der Waals surface area contributed by atoms with Gasteiger partial charge in [0.2, 0.25) is 11.6 Å². The summed E-state index contributed by atoms with van der Waals surface area (Å²) in [5, 5.41) is 24.2. The largest absolute Gasteiger partial charge is 0.395 e. The highest BCUT2D eigenvalue weighted by Gasteiger charge is 2.26. The fourth-order valence-electron chi connectivity index (χ4n) is 2.25. The molecule has 0 aliphatic rings. The van der Waals surface area contributed by atoms with Crippen LogP contribution in [0.3, 0.4) is 0 Å². The van der Waals surface area contributed by atoms with E-state index in [-0.39, 0.29) is 30.5 Å². The number of aryl methyl sites for hydroxylation is 1. The van der Waals surface area contributed by atoms with Crippen LogP contribution < -0.4 is 10.2 Å². The summed E-state index contributed by atoms with van der Waals surface area (Å²) >= 11 is 5.99. The van der Waals surface area contributed by atoms with Crippen LogP contribution in [-0.2, 0) is 0 Å². The number of halogens is 1. The Labute approximate surface area is 144 Å². The van der Waals surface area contributed by atoms with E-state index in [4.69, 9.17) is 16.7 Å². The number of aromatic nitrogens is 2. The summed E-state index contributed by atoms with van der Waals surface area (Å²) in [6.45, 7) is 4.26. The molecule has 0 aliphatic heterocycles. The minimum atomic E-state index is -0.530. The third-order valence-electron chi connectivity index (χ3n) is 3.49. The van der Waals surface area contributed by atoms with Gasteiger partial charge < -0.3 is 15.3 Å². The number of hydrogen-bond acceptors (Lipinski definition) is 7. The van der Waals surface area contributed by atoms with Gasteiger partial charge in [-0.05, 0) is 31.5 Å². The molecule has 0 saturated carbocycles. The van der Waals surface area contributed by atoms with Crippen LogP contribution in [-0.4, -0.2) is 39.7 Å². The average molecular weight is 352 g/mol. The van der Waals surface area contributed by atoms with E-state index in [1.54, 1.807) is 17.0 Å². The molecular formula is C15H18ClN5O3. The molecule has 0 radical (unpaired) electrons. The fourth-order valence-corrected chi connectivity index (χ4v) is 2.42. The van der Waals surface area contributed by atoms with E-state index in [2.05, 4.69) is 15.3 Å². The van der Waals surface area contributed by atoms with E-state index in [0.29, 0.717) is 17.3 Å². The number of likely N-dealkylation sites (N-methyl/N-ethyl adjacent to an activating group) is 1. The van der Waals surface area contributed by atoms with Crippen LogP contribution in [0.15, 0.2) is 24.5 Å². The summed E-state index contributed by atoms with van der Waals surface area (Å²) in [5.74, 6) is 0.237. The first-order chi connectivity index (χ1) is 11.5. The van der Waals surface area contributed by atoms with E-state index < -0.39 is 4.92 Å². The number of rotatable bonds is 7. The lowest BCUT2D eigenvalue weighted by Gasteiger charge is -2.21. The van der Waals surface area contributed by atoms with Crippen LogP contribution in [0.5, 0.6) is 0 Å². The molecule has 0 saturated heterocycles. The topological polar surface area (TPSA) is 104 Å². The Morgan fingerprint density at radius 2 is 2.17 bits per heavy atom. The predicted molar refractivity (Wildman–Crippen MR) is 93.1 cm³/mol. The first kappa shape index (κ1) is 17.9. The Bertz CT molecular complexity index is 741. The first-order valence-corrected chi connectivity index (χ1v) is 7.74. The van der Waals surface area contributed by atoms with Gasteiger partial charge in [-0.3, -0.25) is 10.1 Å². The number of aliphatic hydroxyl groups is 1.